The summed E-state index contributed by atoms with van der Waals surface area (Å²) in [7, 11) is 3.65. The lowest BCUT2D eigenvalue weighted by Gasteiger charge is -2.14. The molecule has 0 aliphatic carbocycles. The summed E-state index contributed by atoms with van der Waals surface area (Å²) in [5.74, 6) is 0.881. The normalized spacial score (nSPS) is 11.0. The molecule has 0 bridgehead atoms. The first kappa shape index (κ1) is 13.6. The summed E-state index contributed by atoms with van der Waals surface area (Å²) in [5, 5.41) is 7.69. The van der Waals surface area contributed by atoms with Crippen molar-refractivity contribution >= 4 is 0 Å². The van der Waals surface area contributed by atoms with Crippen LogP contribution in [-0.2, 0) is 13.6 Å². The highest BCUT2D eigenvalue weighted by Gasteiger charge is 2.10. The maximum absolute atomic E-state index is 5.31. The summed E-state index contributed by atoms with van der Waals surface area (Å²) in [4.78, 5) is 0. The fourth-order valence-electron chi connectivity index (χ4n) is 2.05. The lowest BCUT2D eigenvalue weighted by Crippen LogP contribution is -2.22. The highest BCUT2D eigenvalue weighted by molar-refractivity contribution is 5.65. The van der Waals surface area contributed by atoms with E-state index in [2.05, 4.69) is 36.4 Å². The van der Waals surface area contributed by atoms with Crippen LogP contribution in [-0.4, -0.2) is 22.9 Å². The number of benzene rings is 1. The lowest BCUT2D eigenvalue weighted by molar-refractivity contribution is 0.414. The monoisotopic (exact) mass is 259 g/mol. The molecule has 102 valence electrons. The zero-order chi connectivity index (χ0) is 13.8. The molecule has 1 aromatic carbocycles. The molecule has 4 heteroatoms. The lowest BCUT2D eigenvalue weighted by atomic mass is 10.0. The average Bonchev–Trinajstić information content (AvgIpc) is 2.82. The van der Waals surface area contributed by atoms with Gasteiger partial charge in [-0.3, -0.25) is 4.68 Å². The van der Waals surface area contributed by atoms with E-state index in [-0.39, 0.29) is 0 Å². The van der Waals surface area contributed by atoms with E-state index in [0.717, 1.165) is 18.0 Å². The van der Waals surface area contributed by atoms with Gasteiger partial charge in [0.15, 0.2) is 0 Å². The number of aryl methyl sites for hydroxylation is 1. The largest absolute Gasteiger partial charge is 0.497 e. The van der Waals surface area contributed by atoms with Crippen molar-refractivity contribution in [3.63, 3.8) is 0 Å². The Hall–Kier alpha value is -1.81. The zero-order valence-electron chi connectivity index (χ0n) is 12.0. The third-order valence-corrected chi connectivity index (χ3v) is 3.11. The van der Waals surface area contributed by atoms with Crippen molar-refractivity contribution in [2.45, 2.75) is 26.4 Å². The second kappa shape index (κ2) is 5.89. The van der Waals surface area contributed by atoms with Gasteiger partial charge in [0, 0.05) is 31.4 Å². The molecule has 1 aromatic heterocycles. The summed E-state index contributed by atoms with van der Waals surface area (Å²) in [5.41, 5.74) is 3.52. The Kier molecular flexibility index (Phi) is 4.22. The quantitative estimate of drug-likeness (QED) is 0.897. The molecular weight excluding hydrogens is 238 g/mol. The second-order valence-electron chi connectivity index (χ2n) is 4.90. The average molecular weight is 259 g/mol. The van der Waals surface area contributed by atoms with Gasteiger partial charge < -0.3 is 10.1 Å². The molecular formula is C15H21N3O. The minimum atomic E-state index is 0.450. The molecule has 0 spiro atoms. The predicted molar refractivity (Wildman–Crippen MR) is 77.2 cm³/mol. The summed E-state index contributed by atoms with van der Waals surface area (Å²) >= 11 is 0. The topological polar surface area (TPSA) is 39.1 Å². The smallest absolute Gasteiger partial charge is 0.119 e. The van der Waals surface area contributed by atoms with Crippen molar-refractivity contribution in [3.05, 3.63) is 36.0 Å². The van der Waals surface area contributed by atoms with Gasteiger partial charge >= 0.3 is 0 Å². The first-order chi connectivity index (χ1) is 9.11. The van der Waals surface area contributed by atoms with Crippen LogP contribution >= 0.6 is 0 Å². The molecule has 0 unspecified atom stereocenters. The number of nitrogens with zero attached hydrogens (tertiary/aromatic N) is 2. The summed E-state index contributed by atoms with van der Waals surface area (Å²) in [6, 6.07) is 8.64. The molecule has 0 amide bonds. The van der Waals surface area contributed by atoms with Crippen molar-refractivity contribution in [2.75, 3.05) is 7.11 Å². The Balaban J connectivity index is 2.39. The number of hydrogen-bond acceptors (Lipinski definition) is 3. The maximum Gasteiger partial charge on any atom is 0.119 e. The Labute approximate surface area is 114 Å². The molecule has 4 nitrogen and oxygen atoms in total. The molecule has 2 aromatic rings. The van der Waals surface area contributed by atoms with E-state index in [9.17, 15) is 0 Å². The van der Waals surface area contributed by atoms with E-state index in [1.165, 1.54) is 11.1 Å². The number of rotatable bonds is 5. The van der Waals surface area contributed by atoms with Crippen LogP contribution in [0.25, 0.3) is 11.3 Å². The van der Waals surface area contributed by atoms with E-state index in [4.69, 9.17) is 4.74 Å². The van der Waals surface area contributed by atoms with Crippen LogP contribution in [0.1, 0.15) is 19.4 Å². The number of hydrogen-bond donors (Lipinski definition) is 1. The van der Waals surface area contributed by atoms with Crippen LogP contribution < -0.4 is 10.1 Å². The third-order valence-electron chi connectivity index (χ3n) is 3.11. The fraction of sp³-hybridized carbons (Fsp3) is 0.400. The Morgan fingerprint density at radius 3 is 2.68 bits per heavy atom. The van der Waals surface area contributed by atoms with Crippen LogP contribution in [0.15, 0.2) is 30.5 Å². The van der Waals surface area contributed by atoms with Crippen molar-refractivity contribution in [2.24, 2.45) is 7.05 Å². The standard InChI is InChI=1S/C15H21N3O/c1-11(2)16-10-12-9-13(19-4)5-6-14(12)15-7-8-17-18(15)3/h5-9,11,16H,10H2,1-4H3. The molecule has 0 aliphatic heterocycles. The van der Waals surface area contributed by atoms with Gasteiger partial charge in [0.1, 0.15) is 5.75 Å². The SMILES string of the molecule is COc1ccc(-c2ccnn2C)c(CNC(C)C)c1. The summed E-state index contributed by atoms with van der Waals surface area (Å²) in [6.07, 6.45) is 1.82. The molecule has 0 saturated heterocycles. The Bertz CT molecular complexity index is 546. The number of ether oxygens (including phenoxy) is 1. The second-order valence-corrected chi connectivity index (χ2v) is 4.90. The molecule has 0 saturated carbocycles. The van der Waals surface area contributed by atoms with Crippen LogP contribution in [0.5, 0.6) is 5.75 Å². The minimum Gasteiger partial charge on any atom is -0.497 e. The van der Waals surface area contributed by atoms with Gasteiger partial charge in [0.2, 0.25) is 0 Å². The molecule has 1 heterocycles. The zero-order valence-corrected chi connectivity index (χ0v) is 12.0. The molecule has 0 atom stereocenters. The Morgan fingerprint density at radius 1 is 1.32 bits per heavy atom. The summed E-state index contributed by atoms with van der Waals surface area (Å²) in [6.45, 7) is 5.10. The maximum atomic E-state index is 5.31. The van der Waals surface area contributed by atoms with Gasteiger partial charge in [-0.25, -0.2) is 0 Å². The van der Waals surface area contributed by atoms with E-state index in [0.29, 0.717) is 6.04 Å². The minimum absolute atomic E-state index is 0.450. The number of aromatic nitrogens is 2. The number of methoxy groups -OCH3 is 1. The van der Waals surface area contributed by atoms with Gasteiger partial charge in [-0.05, 0) is 29.8 Å². The first-order valence-corrected chi connectivity index (χ1v) is 6.50. The van der Waals surface area contributed by atoms with E-state index >= 15 is 0 Å². The molecule has 0 fully saturated rings. The molecule has 19 heavy (non-hydrogen) atoms. The van der Waals surface area contributed by atoms with E-state index < -0.39 is 0 Å². The van der Waals surface area contributed by atoms with Gasteiger partial charge in [-0.1, -0.05) is 13.8 Å². The van der Waals surface area contributed by atoms with Crippen LogP contribution in [0.4, 0.5) is 0 Å². The van der Waals surface area contributed by atoms with Gasteiger partial charge in [0.25, 0.3) is 0 Å². The molecule has 1 N–H and O–H groups in total. The van der Waals surface area contributed by atoms with Crippen molar-refractivity contribution < 1.29 is 4.74 Å². The molecule has 0 radical (unpaired) electrons. The first-order valence-electron chi connectivity index (χ1n) is 6.50. The third kappa shape index (κ3) is 3.15. The van der Waals surface area contributed by atoms with Gasteiger partial charge in [0.05, 0.1) is 12.8 Å². The van der Waals surface area contributed by atoms with E-state index in [1.54, 1.807) is 7.11 Å². The Morgan fingerprint density at radius 2 is 2.11 bits per heavy atom. The highest BCUT2D eigenvalue weighted by atomic mass is 16.5. The van der Waals surface area contributed by atoms with Gasteiger partial charge in [-0.15, -0.1) is 0 Å². The van der Waals surface area contributed by atoms with E-state index in [1.807, 2.05) is 30.1 Å². The van der Waals surface area contributed by atoms with Crippen molar-refractivity contribution in [1.82, 2.24) is 15.1 Å². The van der Waals surface area contributed by atoms with Gasteiger partial charge in [-0.2, -0.15) is 5.10 Å². The van der Waals surface area contributed by atoms with Crippen molar-refractivity contribution in [1.29, 1.82) is 0 Å². The molecule has 2 rings (SSSR count). The highest BCUT2D eigenvalue weighted by Crippen LogP contribution is 2.27. The molecule has 0 aliphatic rings. The van der Waals surface area contributed by atoms with Crippen LogP contribution in [0.2, 0.25) is 0 Å². The fourth-order valence-corrected chi connectivity index (χ4v) is 2.05. The summed E-state index contributed by atoms with van der Waals surface area (Å²) < 4.78 is 7.20. The number of nitrogens with one attached hydrogen (secondary N) is 1. The van der Waals surface area contributed by atoms with Crippen molar-refractivity contribution in [3.8, 4) is 17.0 Å². The van der Waals surface area contributed by atoms with Crippen LogP contribution in [0.3, 0.4) is 0 Å². The van der Waals surface area contributed by atoms with Crippen LogP contribution in [0, 0.1) is 0 Å². The predicted octanol–water partition coefficient (Wildman–Crippen LogP) is 2.59.